The van der Waals surface area contributed by atoms with Crippen LogP contribution < -0.4 is 0 Å². The van der Waals surface area contributed by atoms with Gasteiger partial charge in [0.15, 0.2) is 0 Å². The highest BCUT2D eigenvalue weighted by atomic mass is 16.5. The van der Waals surface area contributed by atoms with Crippen molar-refractivity contribution in [1.29, 1.82) is 0 Å². The minimum absolute atomic E-state index is 0.105. The number of Topliss-reactive ketones (excluding diaryl/α,β-unsaturated/α-hetero) is 1. The molecule has 0 saturated heterocycles. The summed E-state index contributed by atoms with van der Waals surface area (Å²) in [5, 5.41) is 0. The van der Waals surface area contributed by atoms with Crippen LogP contribution >= 0.6 is 0 Å². The predicted octanol–water partition coefficient (Wildman–Crippen LogP) is 1.55. The molecule has 3 nitrogen and oxygen atoms in total. The van der Waals surface area contributed by atoms with Crippen molar-refractivity contribution < 1.29 is 14.3 Å². The van der Waals surface area contributed by atoms with E-state index in [1.165, 1.54) is 13.5 Å². The van der Waals surface area contributed by atoms with Crippen LogP contribution in [0, 0.1) is 17.8 Å². The summed E-state index contributed by atoms with van der Waals surface area (Å²) in [5.41, 5.74) is 0. The maximum atomic E-state index is 11.6. The molecule has 0 heterocycles. The van der Waals surface area contributed by atoms with Crippen LogP contribution in [0.3, 0.4) is 0 Å². The first-order valence-corrected chi connectivity index (χ1v) is 5.34. The Labute approximate surface area is 83.8 Å². The lowest BCUT2D eigenvalue weighted by atomic mass is 9.78. The molecule has 0 aliphatic heterocycles. The fourth-order valence-electron chi connectivity index (χ4n) is 2.99. The van der Waals surface area contributed by atoms with Gasteiger partial charge in [-0.05, 0) is 24.7 Å². The Hall–Kier alpha value is -0.860. The number of hydrogen-bond acceptors (Lipinski definition) is 3. The van der Waals surface area contributed by atoms with Gasteiger partial charge >= 0.3 is 5.97 Å². The topological polar surface area (TPSA) is 43.4 Å². The Morgan fingerprint density at radius 3 is 2.79 bits per heavy atom. The van der Waals surface area contributed by atoms with Crippen LogP contribution in [0.15, 0.2) is 0 Å². The Morgan fingerprint density at radius 2 is 2.07 bits per heavy atom. The van der Waals surface area contributed by atoms with Gasteiger partial charge in [0.1, 0.15) is 11.7 Å². The van der Waals surface area contributed by atoms with Crippen molar-refractivity contribution in [2.24, 2.45) is 17.8 Å². The van der Waals surface area contributed by atoms with Gasteiger partial charge in [-0.25, -0.2) is 0 Å². The number of methoxy groups -OCH3 is 1. The first kappa shape index (κ1) is 9.69. The molecule has 3 atom stereocenters. The molecule has 0 aromatic heterocycles. The summed E-state index contributed by atoms with van der Waals surface area (Å²) in [5.74, 6) is 0.0903. The largest absolute Gasteiger partial charge is 0.468 e. The Balaban J connectivity index is 2.15. The first-order chi connectivity index (χ1) is 6.74. The van der Waals surface area contributed by atoms with Crippen molar-refractivity contribution in [3.8, 4) is 0 Å². The summed E-state index contributed by atoms with van der Waals surface area (Å²) in [6.45, 7) is 0. The van der Waals surface area contributed by atoms with Crippen molar-refractivity contribution in [3.05, 3.63) is 0 Å². The third kappa shape index (κ3) is 1.45. The molecular weight excluding hydrogens is 180 g/mol. The standard InChI is InChI=1S/C11H16O3/c1-14-11(13)10-8-5-3-2-4-7(8)6-9(10)12/h7-8,10H,2-6H2,1H3/t7-,8+,10+/m1/s1. The molecule has 2 rings (SSSR count). The smallest absolute Gasteiger partial charge is 0.316 e. The number of hydrogen-bond donors (Lipinski definition) is 0. The van der Waals surface area contributed by atoms with Gasteiger partial charge in [-0.1, -0.05) is 12.8 Å². The molecule has 2 saturated carbocycles. The van der Waals surface area contributed by atoms with E-state index < -0.39 is 5.92 Å². The monoisotopic (exact) mass is 196 g/mol. The molecule has 2 fully saturated rings. The molecule has 0 radical (unpaired) electrons. The zero-order valence-corrected chi connectivity index (χ0v) is 8.49. The second-order valence-electron chi connectivity index (χ2n) is 4.38. The quantitative estimate of drug-likeness (QED) is 0.472. The summed E-state index contributed by atoms with van der Waals surface area (Å²) in [6, 6.07) is 0. The zero-order chi connectivity index (χ0) is 10.1. The van der Waals surface area contributed by atoms with Crippen LogP contribution in [-0.2, 0) is 14.3 Å². The minimum Gasteiger partial charge on any atom is -0.468 e. The van der Waals surface area contributed by atoms with Gasteiger partial charge in [-0.2, -0.15) is 0 Å². The summed E-state index contributed by atoms with van der Waals surface area (Å²) >= 11 is 0. The maximum Gasteiger partial charge on any atom is 0.316 e. The van der Waals surface area contributed by atoms with E-state index in [-0.39, 0.29) is 17.7 Å². The number of rotatable bonds is 1. The first-order valence-electron chi connectivity index (χ1n) is 5.34. The average molecular weight is 196 g/mol. The van der Waals surface area contributed by atoms with E-state index in [0.717, 1.165) is 19.3 Å². The van der Waals surface area contributed by atoms with Crippen LogP contribution in [0.4, 0.5) is 0 Å². The van der Waals surface area contributed by atoms with Crippen molar-refractivity contribution in [3.63, 3.8) is 0 Å². The number of ether oxygens (including phenoxy) is 1. The molecule has 78 valence electrons. The van der Waals surface area contributed by atoms with E-state index >= 15 is 0 Å². The predicted molar refractivity (Wildman–Crippen MR) is 50.6 cm³/mol. The van der Waals surface area contributed by atoms with Gasteiger partial charge in [-0.15, -0.1) is 0 Å². The van der Waals surface area contributed by atoms with Crippen LogP contribution in [-0.4, -0.2) is 18.9 Å². The highest BCUT2D eigenvalue weighted by Gasteiger charge is 2.47. The van der Waals surface area contributed by atoms with E-state index in [9.17, 15) is 9.59 Å². The van der Waals surface area contributed by atoms with Crippen LogP contribution in [0.1, 0.15) is 32.1 Å². The van der Waals surface area contributed by atoms with E-state index in [2.05, 4.69) is 0 Å². The molecule has 2 aliphatic carbocycles. The van der Waals surface area contributed by atoms with E-state index in [1.807, 2.05) is 0 Å². The lowest BCUT2D eigenvalue weighted by Gasteiger charge is -2.26. The molecule has 0 unspecified atom stereocenters. The second-order valence-corrected chi connectivity index (χ2v) is 4.38. The summed E-state index contributed by atoms with van der Waals surface area (Å²) < 4.78 is 4.69. The molecule has 0 spiro atoms. The third-order valence-corrected chi connectivity index (χ3v) is 3.66. The molecule has 3 heteroatoms. The number of esters is 1. The summed E-state index contributed by atoms with van der Waals surface area (Å²) in [4.78, 5) is 23.1. The fourth-order valence-corrected chi connectivity index (χ4v) is 2.99. The van der Waals surface area contributed by atoms with Gasteiger partial charge in [0, 0.05) is 6.42 Å². The Bertz CT molecular complexity index is 259. The molecule has 0 aromatic carbocycles. The number of fused-ring (bicyclic) bond motifs is 1. The SMILES string of the molecule is COC(=O)[C@@H]1C(=O)C[C@H]2CCCC[C@@H]21. The van der Waals surface area contributed by atoms with Gasteiger partial charge in [0.05, 0.1) is 7.11 Å². The highest BCUT2D eigenvalue weighted by Crippen LogP contribution is 2.44. The molecule has 0 N–H and O–H groups in total. The lowest BCUT2D eigenvalue weighted by Crippen LogP contribution is -2.28. The van der Waals surface area contributed by atoms with Crippen LogP contribution in [0.5, 0.6) is 0 Å². The fraction of sp³-hybridized carbons (Fsp3) is 0.818. The van der Waals surface area contributed by atoms with Crippen molar-refractivity contribution >= 4 is 11.8 Å². The van der Waals surface area contributed by atoms with Crippen LogP contribution in [0.25, 0.3) is 0 Å². The molecular formula is C11H16O3. The zero-order valence-electron chi connectivity index (χ0n) is 8.49. The lowest BCUT2D eigenvalue weighted by molar-refractivity contribution is -0.150. The van der Waals surface area contributed by atoms with Crippen molar-refractivity contribution in [2.75, 3.05) is 7.11 Å². The Kier molecular flexibility index (Phi) is 2.57. The molecule has 14 heavy (non-hydrogen) atoms. The second kappa shape index (κ2) is 3.71. The van der Waals surface area contributed by atoms with E-state index in [4.69, 9.17) is 4.74 Å². The van der Waals surface area contributed by atoms with Gasteiger partial charge < -0.3 is 4.74 Å². The van der Waals surface area contributed by atoms with E-state index in [1.54, 1.807) is 0 Å². The van der Waals surface area contributed by atoms with Crippen molar-refractivity contribution in [2.45, 2.75) is 32.1 Å². The minimum atomic E-state index is -0.440. The Morgan fingerprint density at radius 1 is 1.36 bits per heavy atom. The molecule has 0 aromatic rings. The molecule has 2 aliphatic rings. The van der Waals surface area contributed by atoms with Gasteiger partial charge in [-0.3, -0.25) is 9.59 Å². The number of carbonyl (C=O) groups excluding carboxylic acids is 2. The van der Waals surface area contributed by atoms with Gasteiger partial charge in [0.2, 0.25) is 0 Å². The average Bonchev–Trinajstić information content (AvgIpc) is 2.53. The van der Waals surface area contributed by atoms with Crippen molar-refractivity contribution in [1.82, 2.24) is 0 Å². The maximum absolute atomic E-state index is 11.6. The number of carbonyl (C=O) groups is 2. The highest BCUT2D eigenvalue weighted by molar-refractivity contribution is 6.01. The van der Waals surface area contributed by atoms with Gasteiger partial charge in [0.25, 0.3) is 0 Å². The van der Waals surface area contributed by atoms with Crippen LogP contribution in [0.2, 0.25) is 0 Å². The number of ketones is 1. The summed E-state index contributed by atoms with van der Waals surface area (Å²) in [7, 11) is 1.37. The van der Waals surface area contributed by atoms with E-state index in [0.29, 0.717) is 12.3 Å². The third-order valence-electron chi connectivity index (χ3n) is 3.66. The normalized spacial score (nSPS) is 36.6. The molecule has 0 bridgehead atoms. The summed E-state index contributed by atoms with van der Waals surface area (Å²) in [6.07, 6.45) is 5.11. The molecule has 0 amide bonds.